The normalized spacial score (nSPS) is 11.5. The largest absolute Gasteiger partial charge is 0.495 e. The quantitative estimate of drug-likeness (QED) is 0.774. The van der Waals surface area contributed by atoms with E-state index in [1.807, 2.05) is 60.8 Å². The van der Waals surface area contributed by atoms with Crippen LogP contribution in [0.3, 0.4) is 0 Å². The number of anilines is 1. The lowest BCUT2D eigenvalue weighted by molar-refractivity contribution is -0.682. The predicted octanol–water partition coefficient (Wildman–Crippen LogP) is 2.92. The van der Waals surface area contributed by atoms with Crippen molar-refractivity contribution in [1.82, 2.24) is 0 Å². The molecule has 0 radical (unpaired) electrons. The molecule has 26 heavy (non-hydrogen) atoms. The first kappa shape index (κ1) is 19.8. The molecule has 2 aromatic rings. The number of nitrogens with zero attached hydrogens (tertiary/aromatic N) is 2. The Bertz CT molecular complexity index is 771. The Balaban J connectivity index is 2.09. The van der Waals surface area contributed by atoms with Crippen LogP contribution in [0.5, 0.6) is 5.75 Å². The highest BCUT2D eigenvalue weighted by Gasteiger charge is 2.21. The number of benzene rings is 2. The van der Waals surface area contributed by atoms with E-state index in [9.17, 15) is 4.79 Å². The molecule has 0 saturated carbocycles. The lowest BCUT2D eigenvalue weighted by Crippen LogP contribution is -2.87. The summed E-state index contributed by atoms with van der Waals surface area (Å²) in [5.74, 6) is 0.551. The second kappa shape index (κ2) is 9.81. The number of quaternary nitrogens is 1. The Labute approximate surface area is 159 Å². The fourth-order valence-corrected chi connectivity index (χ4v) is 2.81. The van der Waals surface area contributed by atoms with Crippen molar-refractivity contribution < 1.29 is 14.8 Å². The van der Waals surface area contributed by atoms with Gasteiger partial charge in [0, 0.05) is 17.1 Å². The fraction of sp³-hybridized carbons (Fsp3) is 0.300. The summed E-state index contributed by atoms with van der Waals surface area (Å²) in [6, 6.07) is 17.2. The van der Waals surface area contributed by atoms with Crippen LogP contribution >= 0.6 is 11.6 Å². The highest BCUT2D eigenvalue weighted by Crippen LogP contribution is 2.27. The summed E-state index contributed by atoms with van der Waals surface area (Å²) in [5, 5.41) is 11.6. The summed E-state index contributed by atoms with van der Waals surface area (Å²) in [5.41, 5.74) is 1.78. The molecular formula is C20H23ClN3O2+. The summed E-state index contributed by atoms with van der Waals surface area (Å²) >= 11 is 5.92. The number of carbonyl (C=O) groups is 1. The molecule has 1 atom stereocenters. The Kier molecular flexibility index (Phi) is 7.46. The zero-order chi connectivity index (χ0) is 18.9. The van der Waals surface area contributed by atoms with Crippen molar-refractivity contribution in [3.63, 3.8) is 0 Å². The first-order valence-corrected chi connectivity index (χ1v) is 8.83. The van der Waals surface area contributed by atoms with Crippen LogP contribution in [0.4, 0.5) is 5.69 Å². The van der Waals surface area contributed by atoms with Gasteiger partial charge in [0.2, 0.25) is 0 Å². The van der Waals surface area contributed by atoms with Crippen molar-refractivity contribution in [2.75, 3.05) is 25.1 Å². The third-order valence-electron chi connectivity index (χ3n) is 4.17. The van der Waals surface area contributed by atoms with Gasteiger partial charge in [0.05, 0.1) is 25.3 Å². The average Bonchev–Trinajstić information content (AvgIpc) is 2.67. The van der Waals surface area contributed by atoms with Crippen LogP contribution in [0.2, 0.25) is 5.02 Å². The highest BCUT2D eigenvalue weighted by atomic mass is 35.5. The zero-order valence-corrected chi connectivity index (χ0v) is 15.7. The van der Waals surface area contributed by atoms with Gasteiger partial charge in [-0.1, -0.05) is 35.9 Å². The number of halogens is 1. The minimum atomic E-state index is -0.0643. The van der Waals surface area contributed by atoms with Crippen molar-refractivity contribution in [3.8, 4) is 11.8 Å². The van der Waals surface area contributed by atoms with Gasteiger partial charge in [-0.2, -0.15) is 5.26 Å². The van der Waals surface area contributed by atoms with E-state index in [1.165, 1.54) is 0 Å². The Morgan fingerprint density at radius 3 is 2.62 bits per heavy atom. The summed E-state index contributed by atoms with van der Waals surface area (Å²) in [6.07, 6.45) is 0.260. The minimum absolute atomic E-state index is 0.0643. The molecule has 0 unspecified atom stereocenters. The monoisotopic (exact) mass is 372 g/mol. The molecule has 0 aliphatic rings. The highest BCUT2D eigenvalue weighted by molar-refractivity contribution is 6.30. The number of carbonyl (C=O) groups excluding carboxylic acids is 1. The van der Waals surface area contributed by atoms with Crippen molar-refractivity contribution in [2.24, 2.45) is 0 Å². The molecule has 2 N–H and O–H groups in total. The Morgan fingerprint density at radius 1 is 1.27 bits per heavy atom. The smallest absolute Gasteiger partial charge is 0.282 e. The van der Waals surface area contributed by atoms with Gasteiger partial charge in [0.25, 0.3) is 5.91 Å². The van der Waals surface area contributed by atoms with Gasteiger partial charge < -0.3 is 15.0 Å². The van der Waals surface area contributed by atoms with Gasteiger partial charge in [0.1, 0.15) is 11.8 Å². The first-order chi connectivity index (χ1) is 12.6. The number of nitriles is 1. The zero-order valence-electron chi connectivity index (χ0n) is 15.0. The molecule has 2 aromatic carbocycles. The van der Waals surface area contributed by atoms with E-state index in [0.29, 0.717) is 23.0 Å². The van der Waals surface area contributed by atoms with Crippen LogP contribution in [0.1, 0.15) is 24.9 Å². The molecule has 0 bridgehead atoms. The lowest BCUT2D eigenvalue weighted by Gasteiger charge is -2.23. The van der Waals surface area contributed by atoms with E-state index in [1.54, 1.807) is 12.0 Å². The molecule has 0 aromatic heterocycles. The van der Waals surface area contributed by atoms with Gasteiger partial charge in [-0.15, -0.1) is 0 Å². The maximum absolute atomic E-state index is 12.8. The standard InChI is InChI=1S/C20H22ClN3O2/c1-15(16-8-10-17(21)11-9-16)23-14-20(25)24(13-5-12-22)18-6-3-4-7-19(18)26-2/h3-4,6-11,15,23H,5,13-14H2,1-2H3/p+1/t15-/m0/s1. The predicted molar refractivity (Wildman–Crippen MR) is 102 cm³/mol. The third-order valence-corrected chi connectivity index (χ3v) is 4.42. The third kappa shape index (κ3) is 5.22. The van der Waals surface area contributed by atoms with Gasteiger partial charge >= 0.3 is 0 Å². The Hall–Kier alpha value is -2.55. The van der Waals surface area contributed by atoms with Crippen molar-refractivity contribution in [2.45, 2.75) is 19.4 Å². The molecule has 1 amide bonds. The van der Waals surface area contributed by atoms with E-state index in [4.69, 9.17) is 21.6 Å². The van der Waals surface area contributed by atoms with Crippen LogP contribution in [0.25, 0.3) is 0 Å². The summed E-state index contributed by atoms with van der Waals surface area (Å²) in [7, 11) is 1.57. The van der Waals surface area contributed by atoms with E-state index < -0.39 is 0 Å². The lowest BCUT2D eigenvalue weighted by atomic mass is 10.1. The second-order valence-corrected chi connectivity index (χ2v) is 6.34. The molecule has 2 rings (SSSR count). The molecule has 5 nitrogen and oxygen atoms in total. The van der Waals surface area contributed by atoms with E-state index >= 15 is 0 Å². The number of rotatable bonds is 8. The second-order valence-electron chi connectivity index (χ2n) is 5.91. The molecule has 0 fully saturated rings. The van der Waals surface area contributed by atoms with Crippen LogP contribution < -0.4 is 15.0 Å². The van der Waals surface area contributed by atoms with Crippen molar-refractivity contribution >= 4 is 23.2 Å². The van der Waals surface area contributed by atoms with Gasteiger partial charge in [-0.05, 0) is 31.2 Å². The van der Waals surface area contributed by atoms with E-state index in [-0.39, 0.29) is 24.9 Å². The number of hydrogen-bond donors (Lipinski definition) is 1. The number of para-hydroxylation sites is 2. The van der Waals surface area contributed by atoms with Gasteiger partial charge in [-0.25, -0.2) is 0 Å². The summed E-state index contributed by atoms with van der Waals surface area (Å²) < 4.78 is 5.36. The van der Waals surface area contributed by atoms with Gasteiger partial charge in [0.15, 0.2) is 6.54 Å². The maximum Gasteiger partial charge on any atom is 0.282 e. The van der Waals surface area contributed by atoms with E-state index in [0.717, 1.165) is 5.56 Å². The van der Waals surface area contributed by atoms with Crippen molar-refractivity contribution in [1.29, 1.82) is 5.26 Å². The van der Waals surface area contributed by atoms with Crippen LogP contribution in [0, 0.1) is 11.3 Å². The Morgan fingerprint density at radius 2 is 1.96 bits per heavy atom. The number of ether oxygens (including phenoxy) is 1. The number of amides is 1. The number of methoxy groups -OCH3 is 1. The first-order valence-electron chi connectivity index (χ1n) is 8.46. The van der Waals surface area contributed by atoms with Crippen LogP contribution in [0.15, 0.2) is 48.5 Å². The molecular weight excluding hydrogens is 350 g/mol. The molecule has 0 aliphatic carbocycles. The maximum atomic E-state index is 12.8. The average molecular weight is 373 g/mol. The molecule has 0 spiro atoms. The topological polar surface area (TPSA) is 69.9 Å². The molecule has 0 aliphatic heterocycles. The molecule has 0 heterocycles. The molecule has 136 valence electrons. The SMILES string of the molecule is COc1ccccc1N(CCC#N)C(=O)C[NH2+][C@@H](C)c1ccc(Cl)cc1. The van der Waals surface area contributed by atoms with E-state index in [2.05, 4.69) is 6.07 Å². The minimum Gasteiger partial charge on any atom is -0.495 e. The van der Waals surface area contributed by atoms with Crippen LogP contribution in [-0.2, 0) is 4.79 Å². The molecule has 6 heteroatoms. The fourth-order valence-electron chi connectivity index (χ4n) is 2.68. The number of nitrogens with two attached hydrogens (primary N) is 1. The summed E-state index contributed by atoms with van der Waals surface area (Å²) in [4.78, 5) is 14.4. The summed E-state index contributed by atoms with van der Waals surface area (Å²) in [6.45, 7) is 2.64. The molecule has 0 saturated heterocycles. The number of hydrogen-bond acceptors (Lipinski definition) is 3. The van der Waals surface area contributed by atoms with Crippen molar-refractivity contribution in [3.05, 3.63) is 59.1 Å². The van der Waals surface area contributed by atoms with Crippen LogP contribution in [-0.4, -0.2) is 26.1 Å². The van der Waals surface area contributed by atoms with Gasteiger partial charge in [-0.3, -0.25) is 4.79 Å².